The SMILES string of the molecule is CC(C)(O)c1cc2nn(C3CCC(CN4CCC(COCCCNc5cccc6c5C(=O)N(C5CCC(=O)NC5=O)C6=O)CC4)CC3)cc2cc1NC(=O)c1cccc(C(C)(C)F)n1. The second-order valence-electron chi connectivity index (χ2n) is 18.9. The summed E-state index contributed by atoms with van der Waals surface area (Å²) in [6, 6.07) is 12.7. The van der Waals surface area contributed by atoms with Gasteiger partial charge in [-0.3, -0.25) is 38.9 Å². The maximum absolute atomic E-state index is 14.6. The number of hydrogen-bond acceptors (Lipinski definition) is 11. The number of benzene rings is 2. The van der Waals surface area contributed by atoms with Gasteiger partial charge in [-0.25, -0.2) is 9.37 Å². The van der Waals surface area contributed by atoms with Gasteiger partial charge in [0.1, 0.15) is 17.4 Å². The molecule has 4 aliphatic rings. The molecule has 2 aromatic carbocycles. The van der Waals surface area contributed by atoms with Crippen LogP contribution in [0.25, 0.3) is 10.9 Å². The average Bonchev–Trinajstić information content (AvgIpc) is 3.79. The molecule has 0 radical (unpaired) electrons. The number of imide groups is 2. The molecule has 15 nitrogen and oxygen atoms in total. The molecule has 1 aliphatic carbocycles. The third kappa shape index (κ3) is 9.88. The van der Waals surface area contributed by atoms with Crippen molar-refractivity contribution in [1.29, 1.82) is 0 Å². The molecule has 0 bridgehead atoms. The molecule has 8 rings (SSSR count). The Bertz CT molecular complexity index is 2420. The van der Waals surface area contributed by atoms with Crippen molar-refractivity contribution in [1.82, 2.24) is 29.9 Å². The van der Waals surface area contributed by atoms with Gasteiger partial charge in [0.2, 0.25) is 11.8 Å². The molecule has 16 heteroatoms. The summed E-state index contributed by atoms with van der Waals surface area (Å²) in [4.78, 5) is 71.7. The lowest BCUT2D eigenvalue weighted by Crippen LogP contribution is -2.54. The number of piperidine rings is 2. The first-order valence-electron chi connectivity index (χ1n) is 22.7. The van der Waals surface area contributed by atoms with Crippen molar-refractivity contribution in [2.24, 2.45) is 11.8 Å². The summed E-state index contributed by atoms with van der Waals surface area (Å²) < 4.78 is 22.7. The quantitative estimate of drug-likeness (QED) is 0.0757. The molecule has 2 saturated heterocycles. The number of nitrogens with one attached hydrogen (secondary N) is 3. The Morgan fingerprint density at radius 1 is 0.922 bits per heavy atom. The van der Waals surface area contributed by atoms with Crippen LogP contribution in [0, 0.1) is 11.8 Å². The summed E-state index contributed by atoms with van der Waals surface area (Å²) in [6.07, 6.45) is 9.40. The second-order valence-corrected chi connectivity index (χ2v) is 18.9. The summed E-state index contributed by atoms with van der Waals surface area (Å²) >= 11 is 0. The maximum Gasteiger partial charge on any atom is 0.274 e. The topological polar surface area (TPSA) is 188 Å². The van der Waals surface area contributed by atoms with E-state index in [9.17, 15) is 33.5 Å². The number of carbonyl (C=O) groups excluding carboxylic acids is 5. The minimum Gasteiger partial charge on any atom is -0.386 e. The monoisotopic (exact) mass is 878 g/mol. The van der Waals surface area contributed by atoms with Gasteiger partial charge in [0.05, 0.1) is 34.0 Å². The molecule has 1 unspecified atom stereocenters. The Hall–Kier alpha value is -5.58. The van der Waals surface area contributed by atoms with Crippen LogP contribution in [-0.2, 0) is 25.6 Å². The number of fused-ring (bicyclic) bond motifs is 2. The van der Waals surface area contributed by atoms with Crippen molar-refractivity contribution in [3.63, 3.8) is 0 Å². The van der Waals surface area contributed by atoms with Crippen molar-refractivity contribution in [3.05, 3.63) is 82.8 Å². The molecular formula is C48H59FN8O7. The summed E-state index contributed by atoms with van der Waals surface area (Å²) in [7, 11) is 0. The fraction of sp³-hybridized carbons (Fsp3) is 0.521. The molecule has 4 N–H and O–H groups in total. The van der Waals surface area contributed by atoms with E-state index in [1.807, 2.05) is 23.0 Å². The number of amides is 5. The zero-order valence-corrected chi connectivity index (χ0v) is 37.1. The lowest BCUT2D eigenvalue weighted by Gasteiger charge is -2.36. The summed E-state index contributed by atoms with van der Waals surface area (Å²) in [5.41, 5.74) is 0.0883. The highest BCUT2D eigenvalue weighted by Gasteiger charge is 2.45. The standard InChI is InChI=1S/C48H59FN8O7/c1-47(2,49)40-11-6-10-36(51-40)43(59)52-38-24-31-27-56(54-37(31)25-34(38)48(3,4)63)32-14-12-29(13-15-32)26-55-21-18-30(19-22-55)28-64-23-7-20-50-35-9-5-8-33-42(35)46(62)57(45(33)61)39-16-17-41(58)53-44(39)60/h5-6,8-11,24-25,27,29-30,32,39,50,63H,7,12-23,26,28H2,1-4H3,(H,52,59)(H,53,58,60). The van der Waals surface area contributed by atoms with Crippen molar-refractivity contribution >= 4 is 51.8 Å². The van der Waals surface area contributed by atoms with Gasteiger partial charge in [-0.2, -0.15) is 5.10 Å². The zero-order valence-electron chi connectivity index (χ0n) is 37.1. The van der Waals surface area contributed by atoms with Crippen LogP contribution in [0.4, 0.5) is 15.8 Å². The molecule has 1 atom stereocenters. The number of rotatable bonds is 15. The molecule has 340 valence electrons. The van der Waals surface area contributed by atoms with Gasteiger partial charge in [0, 0.05) is 61.2 Å². The van der Waals surface area contributed by atoms with E-state index in [1.165, 1.54) is 13.8 Å². The number of anilines is 2. The number of halogens is 1. The number of aromatic nitrogens is 3. The minimum absolute atomic E-state index is 0.0757. The van der Waals surface area contributed by atoms with Crippen LogP contribution in [0.2, 0.25) is 0 Å². The first kappa shape index (κ1) is 45.0. The minimum atomic E-state index is -1.70. The lowest BCUT2D eigenvalue weighted by atomic mass is 9.85. The number of nitrogens with zero attached hydrogens (tertiary/aromatic N) is 5. The largest absolute Gasteiger partial charge is 0.386 e. The van der Waals surface area contributed by atoms with Crippen LogP contribution < -0.4 is 16.0 Å². The molecule has 4 aromatic rings. The number of hydrogen-bond donors (Lipinski definition) is 4. The molecule has 2 aromatic heterocycles. The zero-order chi connectivity index (χ0) is 45.3. The lowest BCUT2D eigenvalue weighted by molar-refractivity contribution is -0.136. The second kappa shape index (κ2) is 18.5. The highest BCUT2D eigenvalue weighted by atomic mass is 19.1. The van der Waals surface area contributed by atoms with Gasteiger partial charge in [0.25, 0.3) is 17.7 Å². The number of ether oxygens (including phenoxy) is 1. The predicted molar refractivity (Wildman–Crippen MR) is 239 cm³/mol. The molecule has 5 heterocycles. The third-order valence-electron chi connectivity index (χ3n) is 13.2. The van der Waals surface area contributed by atoms with Crippen LogP contribution in [0.15, 0.2) is 54.7 Å². The average molecular weight is 879 g/mol. The third-order valence-corrected chi connectivity index (χ3v) is 13.2. The Kier molecular flexibility index (Phi) is 13.0. The Labute approximate surface area is 372 Å². The van der Waals surface area contributed by atoms with Crippen molar-refractivity contribution in [3.8, 4) is 0 Å². The van der Waals surface area contributed by atoms with Crippen LogP contribution >= 0.6 is 0 Å². The summed E-state index contributed by atoms with van der Waals surface area (Å²) in [5.74, 6) is -1.43. The van der Waals surface area contributed by atoms with E-state index in [4.69, 9.17) is 9.84 Å². The summed E-state index contributed by atoms with van der Waals surface area (Å²) in [5, 5.41) is 25.3. The van der Waals surface area contributed by atoms with E-state index in [0.29, 0.717) is 48.5 Å². The molecular weight excluding hydrogens is 820 g/mol. The number of pyridine rings is 1. The Balaban J connectivity index is 0.756. The molecule has 3 aliphatic heterocycles. The molecule has 64 heavy (non-hydrogen) atoms. The first-order chi connectivity index (χ1) is 30.5. The fourth-order valence-electron chi connectivity index (χ4n) is 9.57. The van der Waals surface area contributed by atoms with Crippen LogP contribution in [-0.4, -0.2) is 105 Å². The predicted octanol–water partition coefficient (Wildman–Crippen LogP) is 6.48. The molecule has 5 amide bonds. The fourth-order valence-corrected chi connectivity index (χ4v) is 9.57. The summed E-state index contributed by atoms with van der Waals surface area (Å²) in [6.45, 7) is 11.2. The van der Waals surface area contributed by atoms with Gasteiger partial charge in [-0.15, -0.1) is 0 Å². The van der Waals surface area contributed by atoms with Gasteiger partial charge < -0.3 is 25.4 Å². The molecule has 3 fully saturated rings. The number of likely N-dealkylation sites (tertiary alicyclic amines) is 1. The Morgan fingerprint density at radius 2 is 1.67 bits per heavy atom. The Morgan fingerprint density at radius 3 is 2.39 bits per heavy atom. The van der Waals surface area contributed by atoms with E-state index in [2.05, 4.69) is 25.8 Å². The maximum atomic E-state index is 14.6. The van der Waals surface area contributed by atoms with Crippen molar-refractivity contribution < 1.29 is 38.2 Å². The van der Waals surface area contributed by atoms with Gasteiger partial charge >= 0.3 is 0 Å². The number of aliphatic hydroxyl groups is 1. The van der Waals surface area contributed by atoms with Crippen LogP contribution in [0.1, 0.15) is 134 Å². The van der Waals surface area contributed by atoms with Gasteiger partial charge in [-0.05, 0) is 140 Å². The first-order valence-corrected chi connectivity index (χ1v) is 22.7. The number of carbonyl (C=O) groups is 5. The van der Waals surface area contributed by atoms with Crippen LogP contribution in [0.5, 0.6) is 0 Å². The highest BCUT2D eigenvalue weighted by Crippen LogP contribution is 2.37. The van der Waals surface area contributed by atoms with E-state index in [0.717, 1.165) is 80.4 Å². The van der Waals surface area contributed by atoms with E-state index >= 15 is 0 Å². The van der Waals surface area contributed by atoms with E-state index < -0.39 is 46.8 Å². The smallest absolute Gasteiger partial charge is 0.274 e. The number of alkyl halides is 1. The normalized spacial score (nSPS) is 21.3. The van der Waals surface area contributed by atoms with Crippen LogP contribution in [0.3, 0.4) is 0 Å². The molecule has 0 spiro atoms. The van der Waals surface area contributed by atoms with Crippen molar-refractivity contribution in [2.75, 3.05) is 50.0 Å². The highest BCUT2D eigenvalue weighted by molar-refractivity contribution is 6.25. The molecule has 1 saturated carbocycles. The van der Waals surface area contributed by atoms with Gasteiger partial charge in [-0.1, -0.05) is 12.1 Å². The van der Waals surface area contributed by atoms with E-state index in [-0.39, 0.29) is 41.4 Å². The van der Waals surface area contributed by atoms with Gasteiger partial charge in [0.15, 0.2) is 0 Å². The van der Waals surface area contributed by atoms with E-state index in [1.54, 1.807) is 50.2 Å². The van der Waals surface area contributed by atoms with Crippen molar-refractivity contribution in [2.45, 2.75) is 109 Å².